The lowest BCUT2D eigenvalue weighted by Gasteiger charge is -2.22. The topological polar surface area (TPSA) is 48.1 Å². The summed E-state index contributed by atoms with van der Waals surface area (Å²) in [6.07, 6.45) is 2.67. The van der Waals surface area contributed by atoms with Crippen LogP contribution in [0.3, 0.4) is 0 Å². The first-order chi connectivity index (χ1) is 6.53. The Morgan fingerprint density at radius 1 is 1.50 bits per heavy atom. The lowest BCUT2D eigenvalue weighted by molar-refractivity contribution is 0.218. The Labute approximate surface area is 85.3 Å². The van der Waals surface area contributed by atoms with Gasteiger partial charge in [0.2, 0.25) is 5.88 Å². The van der Waals surface area contributed by atoms with Crippen molar-refractivity contribution in [1.29, 1.82) is 0 Å². The van der Waals surface area contributed by atoms with Gasteiger partial charge < -0.3 is 10.5 Å². The Morgan fingerprint density at radius 2 is 2.21 bits per heavy atom. The van der Waals surface area contributed by atoms with Crippen LogP contribution in [-0.4, -0.2) is 17.1 Å². The molecular weight excluding hydrogens is 176 g/mol. The number of nitrogens with zero attached hydrogens (tertiary/aromatic N) is 1. The predicted molar refractivity (Wildman–Crippen MR) is 57.4 cm³/mol. The summed E-state index contributed by atoms with van der Waals surface area (Å²) in [4.78, 5) is 4.14. The fourth-order valence-electron chi connectivity index (χ4n) is 0.880. The third-order valence-electron chi connectivity index (χ3n) is 2.24. The molecule has 78 valence electrons. The van der Waals surface area contributed by atoms with Gasteiger partial charge in [0, 0.05) is 17.8 Å². The molecule has 0 fully saturated rings. The predicted octanol–water partition coefficient (Wildman–Crippen LogP) is 1.90. The highest BCUT2D eigenvalue weighted by molar-refractivity contribution is 5.16. The quantitative estimate of drug-likeness (QED) is 0.796. The van der Waals surface area contributed by atoms with Crippen LogP contribution in [0.1, 0.15) is 25.8 Å². The maximum Gasteiger partial charge on any atom is 0.213 e. The SMILES string of the molecule is CCC(C)(N)COc1ccc(C)cn1. The normalized spacial score (nSPS) is 14.9. The monoisotopic (exact) mass is 194 g/mol. The number of pyridine rings is 1. The van der Waals surface area contributed by atoms with Gasteiger partial charge in [0.1, 0.15) is 6.61 Å². The molecule has 0 aliphatic carbocycles. The zero-order valence-corrected chi connectivity index (χ0v) is 9.08. The minimum absolute atomic E-state index is 0.271. The summed E-state index contributed by atoms with van der Waals surface area (Å²) in [7, 11) is 0. The minimum atomic E-state index is -0.271. The molecule has 3 heteroatoms. The van der Waals surface area contributed by atoms with E-state index in [1.165, 1.54) is 0 Å². The molecule has 0 aromatic carbocycles. The molecule has 1 aromatic rings. The Kier molecular flexibility index (Phi) is 3.47. The Morgan fingerprint density at radius 3 is 2.71 bits per heavy atom. The largest absolute Gasteiger partial charge is 0.476 e. The van der Waals surface area contributed by atoms with Crippen LogP contribution < -0.4 is 10.5 Å². The molecule has 14 heavy (non-hydrogen) atoms. The summed E-state index contributed by atoms with van der Waals surface area (Å²) in [6, 6.07) is 3.84. The van der Waals surface area contributed by atoms with Crippen molar-refractivity contribution in [2.75, 3.05) is 6.61 Å². The molecule has 0 aliphatic heterocycles. The molecule has 0 spiro atoms. The Bertz CT molecular complexity index is 280. The third-order valence-corrected chi connectivity index (χ3v) is 2.24. The summed E-state index contributed by atoms with van der Waals surface area (Å²) in [5.74, 6) is 0.640. The van der Waals surface area contributed by atoms with Crippen molar-refractivity contribution in [2.45, 2.75) is 32.7 Å². The van der Waals surface area contributed by atoms with Crippen molar-refractivity contribution in [1.82, 2.24) is 4.98 Å². The van der Waals surface area contributed by atoms with Crippen LogP contribution in [0.4, 0.5) is 0 Å². The molecule has 3 nitrogen and oxygen atoms in total. The number of aromatic nitrogens is 1. The molecule has 1 rings (SSSR count). The molecule has 2 N–H and O–H groups in total. The van der Waals surface area contributed by atoms with Crippen LogP contribution in [0.25, 0.3) is 0 Å². The molecule has 1 atom stereocenters. The molecule has 0 bridgehead atoms. The zero-order chi connectivity index (χ0) is 10.6. The van der Waals surface area contributed by atoms with Crippen molar-refractivity contribution in [3.63, 3.8) is 0 Å². The number of hydrogen-bond acceptors (Lipinski definition) is 3. The van der Waals surface area contributed by atoms with Gasteiger partial charge in [-0.3, -0.25) is 0 Å². The molecule has 1 unspecified atom stereocenters. The van der Waals surface area contributed by atoms with E-state index in [1.54, 1.807) is 6.20 Å². The smallest absolute Gasteiger partial charge is 0.213 e. The summed E-state index contributed by atoms with van der Waals surface area (Å²) in [5, 5.41) is 0. The van der Waals surface area contributed by atoms with Gasteiger partial charge in [0.15, 0.2) is 0 Å². The number of hydrogen-bond donors (Lipinski definition) is 1. The van der Waals surface area contributed by atoms with E-state index in [4.69, 9.17) is 10.5 Å². The lowest BCUT2D eigenvalue weighted by atomic mass is 10.0. The van der Waals surface area contributed by atoms with Crippen molar-refractivity contribution >= 4 is 0 Å². The highest BCUT2D eigenvalue weighted by Crippen LogP contribution is 2.10. The van der Waals surface area contributed by atoms with Gasteiger partial charge in [-0.25, -0.2) is 4.98 Å². The number of ether oxygens (including phenoxy) is 1. The van der Waals surface area contributed by atoms with Crippen molar-refractivity contribution < 1.29 is 4.74 Å². The van der Waals surface area contributed by atoms with Gasteiger partial charge in [0.25, 0.3) is 0 Å². The second-order valence-corrected chi connectivity index (χ2v) is 3.97. The Balaban J connectivity index is 2.50. The van der Waals surface area contributed by atoms with Crippen molar-refractivity contribution in [2.24, 2.45) is 5.73 Å². The van der Waals surface area contributed by atoms with Crippen LogP contribution in [0, 0.1) is 6.92 Å². The second kappa shape index (κ2) is 4.42. The van der Waals surface area contributed by atoms with Crippen LogP contribution in [0.5, 0.6) is 5.88 Å². The summed E-state index contributed by atoms with van der Waals surface area (Å²) < 4.78 is 5.48. The van der Waals surface area contributed by atoms with Gasteiger partial charge in [0.05, 0.1) is 0 Å². The van der Waals surface area contributed by atoms with Crippen LogP contribution in [-0.2, 0) is 0 Å². The molecular formula is C11H18N2O. The van der Waals surface area contributed by atoms with Gasteiger partial charge in [-0.1, -0.05) is 13.0 Å². The van der Waals surface area contributed by atoms with Crippen molar-refractivity contribution in [3.8, 4) is 5.88 Å². The van der Waals surface area contributed by atoms with Crippen LogP contribution in [0.15, 0.2) is 18.3 Å². The molecule has 0 radical (unpaired) electrons. The first-order valence-electron chi connectivity index (χ1n) is 4.88. The standard InChI is InChI=1S/C11H18N2O/c1-4-11(3,12)8-14-10-6-5-9(2)7-13-10/h5-7H,4,8,12H2,1-3H3. The van der Waals surface area contributed by atoms with E-state index in [1.807, 2.05) is 32.9 Å². The fourth-order valence-corrected chi connectivity index (χ4v) is 0.880. The maximum absolute atomic E-state index is 5.94. The highest BCUT2D eigenvalue weighted by atomic mass is 16.5. The molecule has 1 heterocycles. The third kappa shape index (κ3) is 3.34. The Hall–Kier alpha value is -1.09. The number of aryl methyl sites for hydroxylation is 1. The maximum atomic E-state index is 5.94. The van der Waals surface area contributed by atoms with Crippen LogP contribution >= 0.6 is 0 Å². The van der Waals surface area contributed by atoms with E-state index < -0.39 is 0 Å². The molecule has 1 aromatic heterocycles. The lowest BCUT2D eigenvalue weighted by Crippen LogP contribution is -2.41. The van der Waals surface area contributed by atoms with Gasteiger partial charge in [-0.2, -0.15) is 0 Å². The average Bonchev–Trinajstić information content (AvgIpc) is 2.17. The average molecular weight is 194 g/mol. The van der Waals surface area contributed by atoms with Crippen LogP contribution in [0.2, 0.25) is 0 Å². The van der Waals surface area contributed by atoms with E-state index in [9.17, 15) is 0 Å². The van der Waals surface area contributed by atoms with Gasteiger partial charge >= 0.3 is 0 Å². The first-order valence-corrected chi connectivity index (χ1v) is 4.88. The number of rotatable bonds is 4. The summed E-state index contributed by atoms with van der Waals surface area (Å²) in [5.41, 5.74) is 6.80. The summed E-state index contributed by atoms with van der Waals surface area (Å²) >= 11 is 0. The van der Waals surface area contributed by atoms with Gasteiger partial charge in [-0.15, -0.1) is 0 Å². The zero-order valence-electron chi connectivity index (χ0n) is 9.08. The second-order valence-electron chi connectivity index (χ2n) is 3.97. The molecule has 0 saturated carbocycles. The van der Waals surface area contributed by atoms with Gasteiger partial charge in [-0.05, 0) is 25.8 Å². The fraction of sp³-hybridized carbons (Fsp3) is 0.545. The first kappa shape index (κ1) is 11.0. The minimum Gasteiger partial charge on any atom is -0.476 e. The number of nitrogens with two attached hydrogens (primary N) is 1. The summed E-state index contributed by atoms with van der Waals surface area (Å²) in [6.45, 7) is 6.52. The molecule has 0 saturated heterocycles. The van der Waals surface area contributed by atoms with Crippen molar-refractivity contribution in [3.05, 3.63) is 23.9 Å². The molecule has 0 amide bonds. The van der Waals surface area contributed by atoms with E-state index in [2.05, 4.69) is 4.98 Å². The van der Waals surface area contributed by atoms with E-state index >= 15 is 0 Å². The van der Waals surface area contributed by atoms with E-state index in [0.717, 1.165) is 12.0 Å². The van der Waals surface area contributed by atoms with E-state index in [-0.39, 0.29) is 5.54 Å². The highest BCUT2D eigenvalue weighted by Gasteiger charge is 2.16. The van der Waals surface area contributed by atoms with E-state index in [0.29, 0.717) is 12.5 Å². The molecule has 0 aliphatic rings.